The summed E-state index contributed by atoms with van der Waals surface area (Å²) in [5.74, 6) is -3.85. The highest BCUT2D eigenvalue weighted by molar-refractivity contribution is 5.83. The molecule has 0 aromatic heterocycles. The summed E-state index contributed by atoms with van der Waals surface area (Å²) in [4.78, 5) is 86.5. The molecule has 17 heteroatoms. The van der Waals surface area contributed by atoms with E-state index in [1.165, 1.54) is 6.92 Å². The summed E-state index contributed by atoms with van der Waals surface area (Å²) in [5.41, 5.74) is 3.50. The van der Waals surface area contributed by atoms with Crippen LogP contribution in [0.5, 0.6) is 0 Å². The number of ether oxygens (including phenoxy) is 8. The molecule has 1 heterocycles. The van der Waals surface area contributed by atoms with Gasteiger partial charge in [-0.15, -0.1) is 0 Å². The smallest absolute Gasteiger partial charge is 0.407 e. The second-order valence-electron chi connectivity index (χ2n) is 16.5. The number of amides is 2. The predicted octanol–water partition coefficient (Wildman–Crippen LogP) is 5.57. The zero-order valence-electron chi connectivity index (χ0n) is 37.3. The second-order valence-corrected chi connectivity index (χ2v) is 16.5. The second kappa shape index (κ2) is 24.3. The molecule has 63 heavy (non-hydrogen) atoms. The Balaban J connectivity index is 1.17. The van der Waals surface area contributed by atoms with Crippen LogP contribution in [-0.2, 0) is 66.7 Å². The molecule has 0 bridgehead atoms. The van der Waals surface area contributed by atoms with Crippen molar-refractivity contribution in [3.63, 3.8) is 0 Å². The van der Waals surface area contributed by atoms with Gasteiger partial charge in [0.1, 0.15) is 31.0 Å². The molecule has 346 valence electrons. The largest absolute Gasteiger partial charge is 0.463 e. The maximum Gasteiger partial charge on any atom is 0.407 e. The Hall–Kier alpha value is -5.55. The first-order valence-electron chi connectivity index (χ1n) is 21.5. The molecule has 1 saturated heterocycles. The molecule has 1 aliphatic heterocycles. The lowest BCUT2D eigenvalue weighted by Crippen LogP contribution is -2.63. The van der Waals surface area contributed by atoms with E-state index in [9.17, 15) is 33.6 Å². The van der Waals surface area contributed by atoms with Gasteiger partial charge >= 0.3 is 35.9 Å². The molecule has 0 unspecified atom stereocenters. The third kappa shape index (κ3) is 16.3. The molecule has 2 N–H and O–H groups in total. The molecule has 2 aliphatic rings. The number of rotatable bonds is 22. The van der Waals surface area contributed by atoms with E-state index in [2.05, 4.69) is 10.6 Å². The molecule has 2 aromatic rings. The highest BCUT2D eigenvalue weighted by atomic mass is 16.7. The summed E-state index contributed by atoms with van der Waals surface area (Å²) < 4.78 is 44.5. The number of carbonyl (C=O) groups is 7. The van der Waals surface area contributed by atoms with Crippen LogP contribution in [0.15, 0.2) is 48.5 Å². The van der Waals surface area contributed by atoms with Crippen molar-refractivity contribution in [2.24, 2.45) is 0 Å². The van der Waals surface area contributed by atoms with Gasteiger partial charge in [-0.3, -0.25) is 24.0 Å². The normalized spacial score (nSPS) is 19.6. The topological polar surface area (TPSA) is 217 Å². The van der Waals surface area contributed by atoms with Gasteiger partial charge in [0.25, 0.3) is 0 Å². The molecule has 6 atom stereocenters. The van der Waals surface area contributed by atoms with Gasteiger partial charge in [-0.05, 0) is 62.3 Å². The van der Waals surface area contributed by atoms with Crippen LogP contribution < -0.4 is 10.6 Å². The summed E-state index contributed by atoms with van der Waals surface area (Å²) in [6, 6.07) is 14.9. The lowest BCUT2D eigenvalue weighted by atomic mass is 9.98. The summed E-state index contributed by atoms with van der Waals surface area (Å²) in [6.07, 6.45) is -2.25. The number of hydrogen-bond donors (Lipinski definition) is 2. The standard InChI is InChI=1S/C46H62N2O15/c1-28(49)57-27-38-40(59-29(2)50)41(60-30(3)51)42(61-31(4)52)44(62-38)56-25-17-11-9-8-10-16-24-47-39(53)23-22-37(43(54)63-46(5,6)7)48-45(55)58-26-36-34-20-14-12-18-32(34)33-19-13-15-21-35(33)36/h12-15,18-21,36-38,40-42,44H,8-11,16-17,22-27H2,1-7H3,(H,47,53)(H,48,55)/t37-,38+,40-,41-,42+,44+/m0/s1. The number of esters is 5. The molecule has 0 radical (unpaired) electrons. The Morgan fingerprint density at radius 2 is 1.22 bits per heavy atom. The minimum absolute atomic E-state index is 0.0184. The molecule has 2 aromatic carbocycles. The molecule has 0 saturated carbocycles. The van der Waals surface area contributed by atoms with Gasteiger partial charge in [0, 0.05) is 53.2 Å². The highest BCUT2D eigenvalue weighted by Crippen LogP contribution is 2.44. The van der Waals surface area contributed by atoms with Crippen molar-refractivity contribution in [1.82, 2.24) is 10.6 Å². The van der Waals surface area contributed by atoms with Crippen LogP contribution in [0.3, 0.4) is 0 Å². The third-order valence-corrected chi connectivity index (χ3v) is 10.1. The maximum absolute atomic E-state index is 13.1. The molecule has 1 aliphatic carbocycles. The molecule has 17 nitrogen and oxygen atoms in total. The summed E-state index contributed by atoms with van der Waals surface area (Å²) in [5, 5.41) is 5.51. The lowest BCUT2D eigenvalue weighted by Gasteiger charge is -2.44. The van der Waals surface area contributed by atoms with Crippen molar-refractivity contribution in [3.8, 4) is 11.1 Å². The van der Waals surface area contributed by atoms with Gasteiger partial charge in [-0.25, -0.2) is 9.59 Å². The Bertz CT molecular complexity index is 1850. The fourth-order valence-electron chi connectivity index (χ4n) is 7.45. The Kier molecular flexibility index (Phi) is 19.4. The van der Waals surface area contributed by atoms with Crippen molar-refractivity contribution < 1.29 is 71.5 Å². The molecular weight excluding hydrogens is 821 g/mol. The van der Waals surface area contributed by atoms with Gasteiger partial charge in [0.05, 0.1) is 0 Å². The summed E-state index contributed by atoms with van der Waals surface area (Å²) >= 11 is 0. The number of fused-ring (bicyclic) bond motifs is 3. The molecule has 0 spiro atoms. The zero-order chi connectivity index (χ0) is 46.1. The SMILES string of the molecule is CC(=O)OC[C@H]1O[C@@H](OCCCCCCCCNC(=O)CC[C@H](NC(=O)OCC2c3ccccc3-c3ccccc32)C(=O)OC(C)(C)C)[C@H](OC(C)=O)[C@@H](OC(C)=O)[C@H]1OC(C)=O. The third-order valence-electron chi connectivity index (χ3n) is 10.1. The number of nitrogens with one attached hydrogen (secondary N) is 2. The number of hydrogen-bond acceptors (Lipinski definition) is 15. The van der Waals surface area contributed by atoms with Crippen molar-refractivity contribution in [2.45, 2.75) is 148 Å². The first-order valence-corrected chi connectivity index (χ1v) is 21.5. The lowest BCUT2D eigenvalue weighted by molar-refractivity contribution is -0.308. The molecule has 1 fully saturated rings. The van der Waals surface area contributed by atoms with Crippen LogP contribution in [0.2, 0.25) is 0 Å². The predicted molar refractivity (Wildman–Crippen MR) is 226 cm³/mol. The van der Waals surface area contributed by atoms with Crippen LogP contribution >= 0.6 is 0 Å². The number of unbranched alkanes of at least 4 members (excludes halogenated alkanes) is 5. The Morgan fingerprint density at radius 3 is 1.81 bits per heavy atom. The fraction of sp³-hybridized carbons (Fsp3) is 0.587. The number of alkyl carbamates (subject to hydrolysis) is 1. The van der Waals surface area contributed by atoms with E-state index in [1.807, 2.05) is 48.5 Å². The van der Waals surface area contributed by atoms with E-state index in [-0.39, 0.29) is 44.5 Å². The number of benzene rings is 2. The van der Waals surface area contributed by atoms with Gasteiger partial charge in [0.2, 0.25) is 5.91 Å². The minimum Gasteiger partial charge on any atom is -0.463 e. The summed E-state index contributed by atoms with van der Waals surface area (Å²) in [6.45, 7) is 10.2. The number of carbonyl (C=O) groups excluding carboxylic acids is 7. The van der Waals surface area contributed by atoms with E-state index < -0.39 is 78.3 Å². The van der Waals surface area contributed by atoms with Gasteiger partial charge < -0.3 is 48.5 Å². The quantitative estimate of drug-likeness (QED) is 0.0839. The van der Waals surface area contributed by atoms with Gasteiger partial charge in [-0.1, -0.05) is 74.2 Å². The van der Waals surface area contributed by atoms with E-state index in [0.717, 1.165) is 75.1 Å². The van der Waals surface area contributed by atoms with Crippen LogP contribution in [-0.4, -0.2) is 111 Å². The van der Waals surface area contributed by atoms with Gasteiger partial charge in [0.15, 0.2) is 24.6 Å². The summed E-state index contributed by atoms with van der Waals surface area (Å²) in [7, 11) is 0. The molecule has 2 amide bonds. The van der Waals surface area contributed by atoms with Crippen molar-refractivity contribution in [3.05, 3.63) is 59.7 Å². The van der Waals surface area contributed by atoms with Crippen LogP contribution in [0.1, 0.15) is 117 Å². The van der Waals surface area contributed by atoms with Crippen LogP contribution in [0.25, 0.3) is 11.1 Å². The van der Waals surface area contributed by atoms with E-state index in [4.69, 9.17) is 37.9 Å². The zero-order valence-corrected chi connectivity index (χ0v) is 37.3. The van der Waals surface area contributed by atoms with Crippen LogP contribution in [0.4, 0.5) is 4.79 Å². The van der Waals surface area contributed by atoms with Crippen LogP contribution in [0, 0.1) is 0 Å². The fourth-order valence-corrected chi connectivity index (χ4v) is 7.45. The monoisotopic (exact) mass is 882 g/mol. The van der Waals surface area contributed by atoms with Crippen molar-refractivity contribution in [2.75, 3.05) is 26.4 Å². The first-order chi connectivity index (χ1) is 29.9. The first kappa shape index (κ1) is 50.1. The molecule has 4 rings (SSSR count). The van der Waals surface area contributed by atoms with E-state index in [0.29, 0.717) is 13.0 Å². The van der Waals surface area contributed by atoms with Gasteiger partial charge in [-0.2, -0.15) is 0 Å². The highest BCUT2D eigenvalue weighted by Gasteiger charge is 2.52. The molecular formula is C46H62N2O15. The minimum atomic E-state index is -1.30. The average Bonchev–Trinajstić information content (AvgIpc) is 3.52. The maximum atomic E-state index is 13.1. The van der Waals surface area contributed by atoms with Crippen molar-refractivity contribution >= 4 is 41.8 Å². The van der Waals surface area contributed by atoms with E-state index in [1.54, 1.807) is 20.8 Å². The van der Waals surface area contributed by atoms with E-state index >= 15 is 0 Å². The Labute approximate surface area is 368 Å². The Morgan fingerprint density at radius 1 is 0.667 bits per heavy atom. The van der Waals surface area contributed by atoms with Crippen molar-refractivity contribution in [1.29, 1.82) is 0 Å². The average molecular weight is 883 g/mol.